The van der Waals surface area contributed by atoms with Crippen LogP contribution in [0.5, 0.6) is 0 Å². The molecule has 18 heavy (non-hydrogen) atoms. The highest BCUT2D eigenvalue weighted by atomic mass is 32.2. The molecule has 0 aromatic heterocycles. The Labute approximate surface area is 116 Å². The first kappa shape index (κ1) is 14.0. The van der Waals surface area contributed by atoms with Crippen molar-refractivity contribution in [2.24, 2.45) is 5.92 Å². The molecule has 0 saturated carbocycles. The van der Waals surface area contributed by atoms with Crippen molar-refractivity contribution in [2.45, 2.75) is 49.7 Å². The van der Waals surface area contributed by atoms with Gasteiger partial charge >= 0.3 is 0 Å². The van der Waals surface area contributed by atoms with Crippen LogP contribution in [0.25, 0.3) is 0 Å². The third-order valence-electron chi connectivity index (χ3n) is 3.75. The molecule has 1 aliphatic rings. The van der Waals surface area contributed by atoms with Gasteiger partial charge in [-0.3, -0.25) is 0 Å². The van der Waals surface area contributed by atoms with Crippen LogP contribution in [0.3, 0.4) is 0 Å². The van der Waals surface area contributed by atoms with Gasteiger partial charge in [0.25, 0.3) is 0 Å². The van der Waals surface area contributed by atoms with Crippen LogP contribution in [0.2, 0.25) is 0 Å². The number of benzene rings is 1. The van der Waals surface area contributed by atoms with Crippen LogP contribution in [0.1, 0.15) is 38.7 Å². The smallest absolute Gasteiger partial charge is 0.0138 e. The average molecular weight is 263 g/mol. The van der Waals surface area contributed by atoms with Gasteiger partial charge in [-0.05, 0) is 49.9 Å². The van der Waals surface area contributed by atoms with E-state index in [9.17, 15) is 0 Å². The summed E-state index contributed by atoms with van der Waals surface area (Å²) in [5.74, 6) is 0.836. The van der Waals surface area contributed by atoms with Gasteiger partial charge in [0, 0.05) is 10.1 Å². The Bertz CT molecular complexity index is 339. The highest BCUT2D eigenvalue weighted by Crippen LogP contribution is 2.39. The maximum Gasteiger partial charge on any atom is 0.0138 e. The summed E-state index contributed by atoms with van der Waals surface area (Å²) in [4.78, 5) is 1.51. The predicted molar refractivity (Wildman–Crippen MR) is 81.3 cm³/mol. The van der Waals surface area contributed by atoms with Crippen LogP contribution in [0.4, 0.5) is 0 Å². The maximum absolute atomic E-state index is 3.57. The zero-order valence-corrected chi connectivity index (χ0v) is 12.4. The summed E-state index contributed by atoms with van der Waals surface area (Å²) in [6.07, 6.45) is 5.15. The lowest BCUT2D eigenvalue weighted by Crippen LogP contribution is -2.25. The number of rotatable bonds is 7. The first-order valence-corrected chi connectivity index (χ1v) is 8.16. The minimum atomic E-state index is 0.802. The van der Waals surface area contributed by atoms with Crippen molar-refractivity contribution < 1.29 is 0 Å². The van der Waals surface area contributed by atoms with Crippen LogP contribution < -0.4 is 5.32 Å². The summed E-state index contributed by atoms with van der Waals surface area (Å²) in [5.41, 5.74) is 1.56. The van der Waals surface area contributed by atoms with E-state index in [0.29, 0.717) is 0 Å². The molecule has 1 N–H and O–H groups in total. The average Bonchev–Trinajstić information content (AvgIpc) is 2.80. The number of nitrogens with one attached hydrogen (secondary N) is 1. The standard InChI is InChI=1S/C16H25NS/c1-3-9-17-12-13(4-2)10-15-11-14-7-5-6-8-16(14)18-15/h5-8,13,15,17H,3-4,9-12H2,1-2H3. The fourth-order valence-corrected chi connectivity index (χ4v) is 4.08. The van der Waals surface area contributed by atoms with Crippen LogP contribution in [-0.4, -0.2) is 18.3 Å². The summed E-state index contributed by atoms with van der Waals surface area (Å²) in [7, 11) is 0. The number of hydrogen-bond acceptors (Lipinski definition) is 2. The van der Waals surface area contributed by atoms with Crippen molar-refractivity contribution in [3.63, 3.8) is 0 Å². The molecule has 2 heteroatoms. The molecule has 1 aromatic rings. The number of thioether (sulfide) groups is 1. The van der Waals surface area contributed by atoms with Gasteiger partial charge in [0.1, 0.15) is 0 Å². The van der Waals surface area contributed by atoms with E-state index >= 15 is 0 Å². The molecule has 0 aliphatic carbocycles. The van der Waals surface area contributed by atoms with E-state index in [-0.39, 0.29) is 0 Å². The Morgan fingerprint density at radius 3 is 2.89 bits per heavy atom. The van der Waals surface area contributed by atoms with Crippen molar-refractivity contribution in [3.05, 3.63) is 29.8 Å². The van der Waals surface area contributed by atoms with Gasteiger partial charge in [-0.1, -0.05) is 38.5 Å². The van der Waals surface area contributed by atoms with Gasteiger partial charge in [-0.2, -0.15) is 0 Å². The van der Waals surface area contributed by atoms with E-state index in [1.54, 1.807) is 5.56 Å². The summed E-state index contributed by atoms with van der Waals surface area (Å²) in [6.45, 7) is 6.91. The normalized spacial score (nSPS) is 19.8. The summed E-state index contributed by atoms with van der Waals surface area (Å²) < 4.78 is 0. The van der Waals surface area contributed by atoms with Crippen LogP contribution >= 0.6 is 11.8 Å². The molecule has 1 nitrogen and oxygen atoms in total. The molecule has 0 bridgehead atoms. The van der Waals surface area contributed by atoms with E-state index in [1.165, 1.54) is 37.1 Å². The lowest BCUT2D eigenvalue weighted by Gasteiger charge is -2.19. The second-order valence-corrected chi connectivity index (χ2v) is 6.61. The zero-order valence-electron chi connectivity index (χ0n) is 11.6. The first-order valence-electron chi connectivity index (χ1n) is 7.28. The zero-order chi connectivity index (χ0) is 12.8. The Kier molecular flexibility index (Phi) is 5.58. The summed E-state index contributed by atoms with van der Waals surface area (Å²) >= 11 is 2.09. The number of fused-ring (bicyclic) bond motifs is 1. The van der Waals surface area contributed by atoms with E-state index in [4.69, 9.17) is 0 Å². The molecule has 2 unspecified atom stereocenters. The van der Waals surface area contributed by atoms with Gasteiger partial charge in [0.15, 0.2) is 0 Å². The second-order valence-electron chi connectivity index (χ2n) is 5.27. The molecule has 1 heterocycles. The molecule has 1 aromatic carbocycles. The van der Waals surface area contributed by atoms with Gasteiger partial charge in [0.05, 0.1) is 0 Å². The molecule has 0 radical (unpaired) electrons. The van der Waals surface area contributed by atoms with Gasteiger partial charge in [-0.25, -0.2) is 0 Å². The van der Waals surface area contributed by atoms with E-state index in [2.05, 4.69) is 55.2 Å². The fraction of sp³-hybridized carbons (Fsp3) is 0.625. The molecule has 2 atom stereocenters. The largest absolute Gasteiger partial charge is 0.316 e. The molecule has 2 rings (SSSR count). The Hall–Kier alpha value is -0.470. The van der Waals surface area contributed by atoms with Crippen LogP contribution in [0.15, 0.2) is 29.2 Å². The predicted octanol–water partition coefficient (Wildman–Crippen LogP) is 4.12. The molecular weight excluding hydrogens is 238 g/mol. The van der Waals surface area contributed by atoms with E-state index < -0.39 is 0 Å². The lowest BCUT2D eigenvalue weighted by atomic mass is 9.97. The summed E-state index contributed by atoms with van der Waals surface area (Å²) in [5, 5.41) is 4.37. The minimum Gasteiger partial charge on any atom is -0.316 e. The Morgan fingerprint density at radius 1 is 1.33 bits per heavy atom. The Balaban J connectivity index is 1.80. The van der Waals surface area contributed by atoms with Crippen LogP contribution in [-0.2, 0) is 6.42 Å². The van der Waals surface area contributed by atoms with Crippen molar-refractivity contribution >= 4 is 11.8 Å². The van der Waals surface area contributed by atoms with Gasteiger partial charge in [0.2, 0.25) is 0 Å². The van der Waals surface area contributed by atoms with Crippen LogP contribution in [0, 0.1) is 5.92 Å². The maximum atomic E-state index is 3.57. The molecule has 0 spiro atoms. The number of hydrogen-bond donors (Lipinski definition) is 1. The highest BCUT2D eigenvalue weighted by Gasteiger charge is 2.24. The SMILES string of the molecule is CCCNCC(CC)CC1Cc2ccccc2S1. The Morgan fingerprint density at radius 2 is 2.17 bits per heavy atom. The third kappa shape index (κ3) is 3.76. The quantitative estimate of drug-likeness (QED) is 0.743. The highest BCUT2D eigenvalue weighted by molar-refractivity contribution is 8.00. The molecule has 0 amide bonds. The summed E-state index contributed by atoms with van der Waals surface area (Å²) in [6, 6.07) is 8.89. The van der Waals surface area contributed by atoms with Crippen molar-refractivity contribution in [2.75, 3.05) is 13.1 Å². The van der Waals surface area contributed by atoms with E-state index in [0.717, 1.165) is 17.7 Å². The van der Waals surface area contributed by atoms with Gasteiger partial charge < -0.3 is 5.32 Å². The molecule has 1 aliphatic heterocycles. The topological polar surface area (TPSA) is 12.0 Å². The van der Waals surface area contributed by atoms with Gasteiger partial charge in [-0.15, -0.1) is 11.8 Å². The molecule has 0 saturated heterocycles. The monoisotopic (exact) mass is 263 g/mol. The fourth-order valence-electron chi connectivity index (χ4n) is 2.63. The minimum absolute atomic E-state index is 0.802. The van der Waals surface area contributed by atoms with Crippen molar-refractivity contribution in [1.29, 1.82) is 0 Å². The van der Waals surface area contributed by atoms with Crippen molar-refractivity contribution in [1.82, 2.24) is 5.32 Å². The molecular formula is C16H25NS. The third-order valence-corrected chi connectivity index (χ3v) is 5.09. The van der Waals surface area contributed by atoms with Crippen molar-refractivity contribution in [3.8, 4) is 0 Å². The van der Waals surface area contributed by atoms with E-state index in [1.807, 2.05) is 0 Å². The molecule has 0 fully saturated rings. The first-order chi connectivity index (χ1) is 8.83. The lowest BCUT2D eigenvalue weighted by molar-refractivity contribution is 0.429. The molecule has 100 valence electrons. The second kappa shape index (κ2) is 7.20.